The van der Waals surface area contributed by atoms with Crippen LogP contribution in [0.1, 0.15) is 15.9 Å². The molecular formula is C15H9Cl2FN2O. The van der Waals surface area contributed by atoms with E-state index in [-0.39, 0.29) is 27.3 Å². The van der Waals surface area contributed by atoms with Crippen LogP contribution in [0.3, 0.4) is 0 Å². The molecule has 6 heteroatoms. The molecule has 3 aromatic rings. The molecule has 0 saturated carbocycles. The fraction of sp³-hybridized carbons (Fsp3) is 0. The van der Waals surface area contributed by atoms with Gasteiger partial charge in [0.15, 0.2) is 5.78 Å². The zero-order chi connectivity index (χ0) is 15.1. The fourth-order valence-corrected chi connectivity index (χ4v) is 2.52. The van der Waals surface area contributed by atoms with Crippen LogP contribution in [0.15, 0.2) is 36.5 Å². The summed E-state index contributed by atoms with van der Waals surface area (Å²) in [5.41, 5.74) is 7.25. The Hall–Kier alpha value is -2.04. The predicted octanol–water partition coefficient (Wildman–Crippen LogP) is 4.43. The molecule has 3 N–H and O–H groups in total. The number of nitrogens with two attached hydrogens (primary N) is 1. The van der Waals surface area contributed by atoms with Crippen LogP contribution in [0.4, 0.5) is 10.1 Å². The summed E-state index contributed by atoms with van der Waals surface area (Å²) in [4.78, 5) is 15.4. The van der Waals surface area contributed by atoms with E-state index in [4.69, 9.17) is 28.9 Å². The molecule has 1 heterocycles. The van der Waals surface area contributed by atoms with Gasteiger partial charge in [-0.15, -0.1) is 0 Å². The third kappa shape index (κ3) is 2.37. The molecule has 1 aromatic heterocycles. The van der Waals surface area contributed by atoms with E-state index in [1.807, 2.05) is 0 Å². The van der Waals surface area contributed by atoms with Crippen molar-refractivity contribution in [3.8, 4) is 0 Å². The molecule has 0 unspecified atom stereocenters. The zero-order valence-corrected chi connectivity index (χ0v) is 12.1. The molecule has 0 spiro atoms. The average molecular weight is 323 g/mol. The summed E-state index contributed by atoms with van der Waals surface area (Å²) >= 11 is 11.8. The fourth-order valence-electron chi connectivity index (χ4n) is 2.18. The number of hydrogen-bond donors (Lipinski definition) is 2. The van der Waals surface area contributed by atoms with Crippen LogP contribution in [-0.2, 0) is 0 Å². The molecule has 2 aromatic carbocycles. The lowest BCUT2D eigenvalue weighted by Gasteiger charge is -2.05. The molecule has 0 saturated heterocycles. The van der Waals surface area contributed by atoms with Crippen molar-refractivity contribution in [2.45, 2.75) is 0 Å². The Kier molecular flexibility index (Phi) is 3.35. The number of aromatic amines is 1. The van der Waals surface area contributed by atoms with Gasteiger partial charge < -0.3 is 10.7 Å². The smallest absolute Gasteiger partial charge is 0.195 e. The number of rotatable bonds is 2. The minimum Gasteiger partial charge on any atom is -0.397 e. The number of hydrogen-bond acceptors (Lipinski definition) is 2. The first-order chi connectivity index (χ1) is 9.97. The molecule has 3 rings (SSSR count). The van der Waals surface area contributed by atoms with Gasteiger partial charge in [-0.05, 0) is 30.3 Å². The number of nitrogen functional groups attached to an aromatic ring is 1. The van der Waals surface area contributed by atoms with E-state index in [9.17, 15) is 9.18 Å². The molecule has 0 fully saturated rings. The summed E-state index contributed by atoms with van der Waals surface area (Å²) in [5, 5.41) is 1.06. The second kappa shape index (κ2) is 5.06. The number of H-pyrrole nitrogens is 1. The topological polar surface area (TPSA) is 58.9 Å². The molecule has 21 heavy (non-hydrogen) atoms. The molecule has 0 amide bonds. The standard InChI is InChI=1S/C15H9Cl2FN2O/c16-11-3-7(4-12(19)14(11)17)15(21)10-6-20-13-5-8(18)1-2-9(10)13/h1-6,20H,19H2. The first-order valence-electron chi connectivity index (χ1n) is 6.03. The second-order valence-electron chi connectivity index (χ2n) is 4.58. The zero-order valence-electron chi connectivity index (χ0n) is 10.6. The monoisotopic (exact) mass is 322 g/mol. The van der Waals surface area contributed by atoms with Crippen molar-refractivity contribution >= 4 is 45.6 Å². The van der Waals surface area contributed by atoms with Gasteiger partial charge in [-0.3, -0.25) is 4.79 Å². The van der Waals surface area contributed by atoms with Crippen molar-refractivity contribution in [2.24, 2.45) is 0 Å². The number of halogens is 3. The quantitative estimate of drug-likeness (QED) is 0.541. The Morgan fingerprint density at radius 3 is 2.67 bits per heavy atom. The van der Waals surface area contributed by atoms with Crippen molar-refractivity contribution in [1.29, 1.82) is 0 Å². The van der Waals surface area contributed by atoms with E-state index in [2.05, 4.69) is 4.98 Å². The van der Waals surface area contributed by atoms with Crippen LogP contribution in [-0.4, -0.2) is 10.8 Å². The highest BCUT2D eigenvalue weighted by atomic mass is 35.5. The number of benzene rings is 2. The van der Waals surface area contributed by atoms with Crippen LogP contribution >= 0.6 is 23.2 Å². The Bertz CT molecular complexity index is 850. The van der Waals surface area contributed by atoms with Gasteiger partial charge in [0.1, 0.15) is 5.82 Å². The lowest BCUT2D eigenvalue weighted by molar-refractivity contribution is 0.104. The van der Waals surface area contributed by atoms with Gasteiger partial charge in [0.25, 0.3) is 0 Å². The van der Waals surface area contributed by atoms with Crippen molar-refractivity contribution in [3.05, 3.63) is 63.5 Å². The highest BCUT2D eigenvalue weighted by Crippen LogP contribution is 2.31. The predicted molar refractivity (Wildman–Crippen MR) is 82.6 cm³/mol. The van der Waals surface area contributed by atoms with Crippen molar-refractivity contribution in [2.75, 3.05) is 5.73 Å². The number of carbonyl (C=O) groups is 1. The molecular weight excluding hydrogens is 314 g/mol. The molecule has 0 bridgehead atoms. The van der Waals surface area contributed by atoms with Gasteiger partial charge in [-0.1, -0.05) is 23.2 Å². The molecule has 0 aliphatic carbocycles. The van der Waals surface area contributed by atoms with E-state index < -0.39 is 0 Å². The van der Waals surface area contributed by atoms with Crippen LogP contribution < -0.4 is 5.73 Å². The minimum absolute atomic E-state index is 0.214. The number of fused-ring (bicyclic) bond motifs is 1. The van der Waals surface area contributed by atoms with E-state index in [1.54, 1.807) is 6.07 Å². The largest absolute Gasteiger partial charge is 0.397 e. The van der Waals surface area contributed by atoms with Gasteiger partial charge in [-0.25, -0.2) is 4.39 Å². The van der Waals surface area contributed by atoms with Crippen molar-refractivity contribution in [1.82, 2.24) is 4.98 Å². The SMILES string of the molecule is Nc1cc(C(=O)c2c[nH]c3cc(F)ccc23)cc(Cl)c1Cl. The lowest BCUT2D eigenvalue weighted by atomic mass is 10.0. The van der Waals surface area contributed by atoms with Crippen molar-refractivity contribution in [3.63, 3.8) is 0 Å². The maximum Gasteiger partial charge on any atom is 0.195 e. The van der Waals surface area contributed by atoms with Crippen LogP contribution in [0.25, 0.3) is 10.9 Å². The Balaban J connectivity index is 2.13. The molecule has 106 valence electrons. The molecule has 0 aliphatic rings. The summed E-state index contributed by atoms with van der Waals surface area (Å²) < 4.78 is 13.2. The highest BCUT2D eigenvalue weighted by molar-refractivity contribution is 6.44. The summed E-state index contributed by atoms with van der Waals surface area (Å²) in [6, 6.07) is 7.12. The van der Waals surface area contributed by atoms with E-state index in [0.29, 0.717) is 22.0 Å². The van der Waals surface area contributed by atoms with Crippen LogP contribution in [0.5, 0.6) is 0 Å². The Morgan fingerprint density at radius 2 is 1.95 bits per heavy atom. The van der Waals surface area contributed by atoms with Gasteiger partial charge >= 0.3 is 0 Å². The lowest BCUT2D eigenvalue weighted by Crippen LogP contribution is -2.02. The number of nitrogens with one attached hydrogen (secondary N) is 1. The van der Waals surface area contributed by atoms with E-state index in [1.165, 1.54) is 30.5 Å². The van der Waals surface area contributed by atoms with Crippen LogP contribution in [0, 0.1) is 5.82 Å². The number of ketones is 1. The van der Waals surface area contributed by atoms with Crippen LogP contribution in [0.2, 0.25) is 10.0 Å². The van der Waals surface area contributed by atoms with Gasteiger partial charge in [0, 0.05) is 28.2 Å². The summed E-state index contributed by atoms with van der Waals surface area (Å²) in [7, 11) is 0. The third-order valence-corrected chi connectivity index (χ3v) is 4.02. The molecule has 0 aliphatic heterocycles. The van der Waals surface area contributed by atoms with Gasteiger partial charge in [0.2, 0.25) is 0 Å². The van der Waals surface area contributed by atoms with Gasteiger partial charge in [-0.2, -0.15) is 0 Å². The molecule has 0 atom stereocenters. The van der Waals surface area contributed by atoms with E-state index >= 15 is 0 Å². The van der Waals surface area contributed by atoms with Crippen molar-refractivity contribution < 1.29 is 9.18 Å². The van der Waals surface area contributed by atoms with Gasteiger partial charge in [0.05, 0.1) is 15.7 Å². The highest BCUT2D eigenvalue weighted by Gasteiger charge is 2.17. The Labute approximate surface area is 129 Å². The summed E-state index contributed by atoms with van der Waals surface area (Å²) in [6.07, 6.45) is 1.53. The third-order valence-electron chi connectivity index (χ3n) is 3.21. The summed E-state index contributed by atoms with van der Waals surface area (Å²) in [6.45, 7) is 0. The minimum atomic E-state index is -0.373. The number of aromatic nitrogens is 1. The Morgan fingerprint density at radius 1 is 1.19 bits per heavy atom. The maximum absolute atomic E-state index is 13.2. The number of carbonyl (C=O) groups excluding carboxylic acids is 1. The maximum atomic E-state index is 13.2. The molecule has 3 nitrogen and oxygen atoms in total. The first kappa shape index (κ1) is 13.9. The van der Waals surface area contributed by atoms with E-state index in [0.717, 1.165) is 0 Å². The average Bonchev–Trinajstić information content (AvgIpc) is 2.86. The first-order valence-corrected chi connectivity index (χ1v) is 6.79. The number of anilines is 1. The second-order valence-corrected chi connectivity index (χ2v) is 5.37. The molecule has 0 radical (unpaired) electrons. The normalized spacial score (nSPS) is 11.0. The summed E-state index contributed by atoms with van der Waals surface area (Å²) in [5.74, 6) is -0.639.